The predicted molar refractivity (Wildman–Crippen MR) is 149 cm³/mol. The third kappa shape index (κ3) is 7.79. The number of hydrogen-bond donors (Lipinski definition) is 0. The molecular weight excluding hydrogens is 494 g/mol. The van der Waals surface area contributed by atoms with E-state index in [1.165, 1.54) is 6.42 Å². The van der Waals surface area contributed by atoms with Gasteiger partial charge in [0.15, 0.2) is 11.5 Å². The van der Waals surface area contributed by atoms with Gasteiger partial charge in [-0.05, 0) is 88.2 Å². The smallest absolute Gasteiger partial charge is 0.410 e. The van der Waals surface area contributed by atoms with E-state index in [1.807, 2.05) is 68.1 Å². The summed E-state index contributed by atoms with van der Waals surface area (Å²) in [6, 6.07) is 15.4. The summed E-state index contributed by atoms with van der Waals surface area (Å²) in [4.78, 5) is 17.1. The molecule has 0 saturated carbocycles. The highest BCUT2D eigenvalue weighted by atomic mass is 16.6. The fourth-order valence-corrected chi connectivity index (χ4v) is 5.67. The second kappa shape index (κ2) is 12.6. The number of methoxy groups -OCH3 is 2. The van der Waals surface area contributed by atoms with Crippen LogP contribution in [0.25, 0.3) is 0 Å². The number of carbonyl (C=O) groups excluding carboxylic acids is 1. The Morgan fingerprint density at radius 2 is 1.67 bits per heavy atom. The molecule has 8 heteroatoms. The van der Waals surface area contributed by atoms with Crippen molar-refractivity contribution in [3.8, 4) is 23.3 Å². The molecule has 2 bridgehead atoms. The maximum Gasteiger partial charge on any atom is 0.410 e. The molecule has 1 amide bonds. The molecule has 2 aromatic carbocycles. The number of piperidine rings is 2. The van der Waals surface area contributed by atoms with Gasteiger partial charge in [-0.3, -0.25) is 0 Å². The molecule has 0 aliphatic carbocycles. The molecule has 3 unspecified atom stereocenters. The molecule has 2 aromatic rings. The van der Waals surface area contributed by atoms with Gasteiger partial charge in [0.25, 0.3) is 0 Å². The van der Waals surface area contributed by atoms with Gasteiger partial charge in [0.05, 0.1) is 25.9 Å². The number of fused-ring (bicyclic) bond motifs is 2. The molecule has 2 aliphatic heterocycles. The number of rotatable bonds is 9. The van der Waals surface area contributed by atoms with Gasteiger partial charge in [0, 0.05) is 32.2 Å². The van der Waals surface area contributed by atoms with Crippen molar-refractivity contribution in [2.75, 3.05) is 46.9 Å². The van der Waals surface area contributed by atoms with Crippen molar-refractivity contribution < 1.29 is 23.7 Å². The minimum atomic E-state index is -0.472. The van der Waals surface area contributed by atoms with Crippen LogP contribution >= 0.6 is 0 Å². The van der Waals surface area contributed by atoms with Crippen LogP contribution in [0.2, 0.25) is 0 Å². The highest BCUT2D eigenvalue weighted by Crippen LogP contribution is 2.35. The normalized spacial score (nSPS) is 20.1. The van der Waals surface area contributed by atoms with Crippen LogP contribution in [-0.2, 0) is 4.74 Å². The number of ether oxygens (including phenoxy) is 4. The summed E-state index contributed by atoms with van der Waals surface area (Å²) in [6.45, 7) is 10.2. The standard InChI is InChI=1S/C31H41N3O5/c1-31(2,3)39-30(35)34-20-23-15-24(21-34)19-33(18-23)14-6-7-27(25-10-8-22(17-32)9-11-25)38-26-12-13-28(36-4)29(16-26)37-5/h8-13,16,23-24,27H,6-7,14-15,18-21H2,1-5H3. The lowest BCUT2D eigenvalue weighted by Gasteiger charge is -2.46. The molecule has 0 N–H and O–H groups in total. The molecule has 0 radical (unpaired) electrons. The Kier molecular flexibility index (Phi) is 9.24. The summed E-state index contributed by atoms with van der Waals surface area (Å²) < 4.78 is 22.9. The average molecular weight is 536 g/mol. The van der Waals surface area contributed by atoms with Gasteiger partial charge >= 0.3 is 6.09 Å². The Morgan fingerprint density at radius 3 is 2.26 bits per heavy atom. The largest absolute Gasteiger partial charge is 0.493 e. The molecule has 0 spiro atoms. The van der Waals surface area contributed by atoms with Crippen molar-refractivity contribution in [1.29, 1.82) is 5.26 Å². The van der Waals surface area contributed by atoms with Crippen LogP contribution in [0.5, 0.6) is 17.2 Å². The van der Waals surface area contributed by atoms with Crippen molar-refractivity contribution >= 4 is 6.09 Å². The van der Waals surface area contributed by atoms with E-state index in [9.17, 15) is 10.1 Å². The number of nitrogens with zero attached hydrogens (tertiary/aromatic N) is 3. The van der Waals surface area contributed by atoms with Crippen molar-refractivity contribution in [1.82, 2.24) is 9.80 Å². The lowest BCUT2D eigenvalue weighted by molar-refractivity contribution is -0.0100. The van der Waals surface area contributed by atoms with Gasteiger partial charge in [-0.25, -0.2) is 4.79 Å². The Bertz CT molecular complexity index is 1140. The lowest BCUT2D eigenvalue weighted by atomic mass is 9.84. The highest BCUT2D eigenvalue weighted by molar-refractivity contribution is 5.68. The zero-order valence-corrected chi connectivity index (χ0v) is 23.8. The van der Waals surface area contributed by atoms with Crippen LogP contribution in [-0.4, -0.2) is 68.4 Å². The summed E-state index contributed by atoms with van der Waals surface area (Å²) in [5, 5.41) is 9.22. The summed E-state index contributed by atoms with van der Waals surface area (Å²) >= 11 is 0. The summed E-state index contributed by atoms with van der Waals surface area (Å²) in [7, 11) is 3.22. The summed E-state index contributed by atoms with van der Waals surface area (Å²) in [5.41, 5.74) is 1.19. The molecule has 2 aliphatic rings. The zero-order chi connectivity index (χ0) is 28.0. The molecule has 2 heterocycles. The maximum absolute atomic E-state index is 12.6. The van der Waals surface area contributed by atoms with Gasteiger partial charge in [0.1, 0.15) is 17.5 Å². The van der Waals surface area contributed by atoms with Gasteiger partial charge in [-0.1, -0.05) is 12.1 Å². The molecular formula is C31H41N3O5. The molecule has 2 saturated heterocycles. The van der Waals surface area contributed by atoms with E-state index in [0.29, 0.717) is 34.6 Å². The second-order valence-corrected chi connectivity index (χ2v) is 11.6. The van der Waals surface area contributed by atoms with Gasteiger partial charge in [0.2, 0.25) is 0 Å². The first-order valence-electron chi connectivity index (χ1n) is 13.8. The van der Waals surface area contributed by atoms with Crippen LogP contribution < -0.4 is 14.2 Å². The second-order valence-electron chi connectivity index (χ2n) is 11.6. The van der Waals surface area contributed by atoms with Crippen molar-refractivity contribution in [3.63, 3.8) is 0 Å². The SMILES string of the molecule is COc1ccc(OC(CCCN2CC3CC(C2)CN(C(=O)OC(C)(C)C)C3)c2ccc(C#N)cc2)cc1OC. The van der Waals surface area contributed by atoms with E-state index < -0.39 is 5.60 Å². The van der Waals surface area contributed by atoms with Crippen molar-refractivity contribution in [3.05, 3.63) is 53.6 Å². The predicted octanol–water partition coefficient (Wildman–Crippen LogP) is 5.66. The third-order valence-electron chi connectivity index (χ3n) is 7.29. The van der Waals surface area contributed by atoms with Crippen LogP contribution in [0.3, 0.4) is 0 Å². The van der Waals surface area contributed by atoms with Crippen molar-refractivity contribution in [2.24, 2.45) is 11.8 Å². The fraction of sp³-hybridized carbons (Fsp3) is 0.548. The minimum absolute atomic E-state index is 0.164. The number of nitriles is 1. The highest BCUT2D eigenvalue weighted by Gasteiger charge is 2.37. The number of likely N-dealkylation sites (tertiary alicyclic amines) is 2. The van der Waals surface area contributed by atoms with Crippen LogP contribution in [0.1, 0.15) is 57.3 Å². The first kappa shape index (κ1) is 28.6. The molecule has 8 nitrogen and oxygen atoms in total. The van der Waals surface area contributed by atoms with E-state index in [2.05, 4.69) is 11.0 Å². The quantitative estimate of drug-likeness (QED) is 0.409. The molecule has 210 valence electrons. The van der Waals surface area contributed by atoms with Gasteiger partial charge in [-0.2, -0.15) is 5.26 Å². The van der Waals surface area contributed by atoms with E-state index >= 15 is 0 Å². The third-order valence-corrected chi connectivity index (χ3v) is 7.29. The van der Waals surface area contributed by atoms with Crippen molar-refractivity contribution in [2.45, 2.75) is 51.7 Å². The number of carbonyl (C=O) groups is 1. The Balaban J connectivity index is 1.37. The molecule has 0 aromatic heterocycles. The monoisotopic (exact) mass is 535 g/mol. The zero-order valence-electron chi connectivity index (χ0n) is 23.8. The van der Waals surface area contributed by atoms with Crippen LogP contribution in [0.4, 0.5) is 4.79 Å². The van der Waals surface area contributed by atoms with Crippen LogP contribution in [0.15, 0.2) is 42.5 Å². The molecule has 39 heavy (non-hydrogen) atoms. The first-order chi connectivity index (χ1) is 18.7. The molecule has 3 atom stereocenters. The number of amides is 1. The Morgan fingerprint density at radius 1 is 1.00 bits per heavy atom. The van der Waals surface area contributed by atoms with E-state index in [1.54, 1.807) is 14.2 Å². The number of hydrogen-bond acceptors (Lipinski definition) is 7. The minimum Gasteiger partial charge on any atom is -0.493 e. The number of benzene rings is 2. The van der Waals surface area contributed by atoms with E-state index in [4.69, 9.17) is 18.9 Å². The maximum atomic E-state index is 12.6. The molecule has 4 rings (SSSR count). The molecule has 2 fully saturated rings. The Labute approximate surface area is 232 Å². The summed E-state index contributed by atoms with van der Waals surface area (Å²) in [5.74, 6) is 2.93. The first-order valence-corrected chi connectivity index (χ1v) is 13.8. The van der Waals surface area contributed by atoms with E-state index in [0.717, 1.165) is 51.1 Å². The Hall–Kier alpha value is -3.44. The average Bonchev–Trinajstić information content (AvgIpc) is 2.91. The van der Waals surface area contributed by atoms with Gasteiger partial charge < -0.3 is 28.7 Å². The van der Waals surface area contributed by atoms with E-state index in [-0.39, 0.29) is 12.2 Å². The van der Waals surface area contributed by atoms with Gasteiger partial charge in [-0.15, -0.1) is 0 Å². The topological polar surface area (TPSA) is 84.3 Å². The lowest BCUT2D eigenvalue weighted by Crippen LogP contribution is -2.54. The van der Waals surface area contributed by atoms with Crippen LogP contribution in [0, 0.1) is 23.2 Å². The fourth-order valence-electron chi connectivity index (χ4n) is 5.67. The summed E-state index contributed by atoms with van der Waals surface area (Å²) in [6.07, 6.45) is 2.61.